The van der Waals surface area contributed by atoms with Crippen LogP contribution in [0.4, 0.5) is 0 Å². The van der Waals surface area contributed by atoms with Gasteiger partial charge in [-0.15, -0.1) is 4.83 Å². The topological polar surface area (TPSA) is 121 Å². The summed E-state index contributed by atoms with van der Waals surface area (Å²) in [6.07, 6.45) is 0. The first-order chi connectivity index (χ1) is 12.8. The minimum Gasteiger partial charge on any atom is -0.333 e. The summed E-state index contributed by atoms with van der Waals surface area (Å²) in [5.74, 6) is -0.819. The number of thioether (sulfide) groups is 1. The van der Waals surface area contributed by atoms with Crippen molar-refractivity contribution in [1.82, 2.24) is 20.2 Å². The predicted molar refractivity (Wildman–Crippen MR) is 102 cm³/mol. The number of imidazole rings is 1. The number of Topliss-reactive ketones (excluding diaryl/α,β-unsaturated/α-hetero) is 1. The van der Waals surface area contributed by atoms with Crippen LogP contribution >= 0.6 is 11.8 Å². The molecule has 1 amide bonds. The number of rotatable bonds is 7. The number of carbonyl (C=O) groups excluding carboxylic acids is 2. The van der Waals surface area contributed by atoms with Crippen LogP contribution in [0.2, 0.25) is 0 Å². The molecule has 1 heterocycles. The normalized spacial score (nSPS) is 11.4. The molecule has 0 bridgehead atoms. The third-order valence-corrected chi connectivity index (χ3v) is 5.70. The van der Waals surface area contributed by atoms with Crippen LogP contribution in [0.3, 0.4) is 0 Å². The van der Waals surface area contributed by atoms with Crippen LogP contribution in [-0.4, -0.2) is 35.8 Å². The standard InChI is InChI=1S/C17H16N4O4S2/c1-11(22)12-5-4-6-13(9-12)27(24,25)21-20-16(23)10-26-17-18-14-7-2-3-8-15(14)19-17/h2-9,21H,10H2,1H3,(H,18,19)(H,20,23). The fraction of sp³-hybridized carbons (Fsp3) is 0.118. The molecule has 0 atom stereocenters. The number of hydrogen-bond donors (Lipinski definition) is 3. The number of nitrogens with zero attached hydrogens (tertiary/aromatic N) is 1. The van der Waals surface area contributed by atoms with E-state index in [-0.39, 0.29) is 22.0 Å². The number of hydrogen-bond acceptors (Lipinski definition) is 6. The lowest BCUT2D eigenvalue weighted by Crippen LogP contribution is -2.42. The Morgan fingerprint density at radius 3 is 2.67 bits per heavy atom. The lowest BCUT2D eigenvalue weighted by Gasteiger charge is -2.08. The number of fused-ring (bicyclic) bond motifs is 1. The third kappa shape index (κ3) is 4.73. The molecule has 0 aliphatic rings. The summed E-state index contributed by atoms with van der Waals surface area (Å²) in [6, 6.07) is 13.0. The molecule has 3 rings (SSSR count). The number of aromatic nitrogens is 2. The molecule has 0 saturated carbocycles. The highest BCUT2D eigenvalue weighted by Gasteiger charge is 2.16. The van der Waals surface area contributed by atoms with Crippen molar-refractivity contribution in [2.24, 2.45) is 0 Å². The van der Waals surface area contributed by atoms with Crippen LogP contribution in [0.25, 0.3) is 11.0 Å². The maximum Gasteiger partial charge on any atom is 0.257 e. The van der Waals surface area contributed by atoms with E-state index in [0.29, 0.717) is 5.16 Å². The molecule has 0 fully saturated rings. The highest BCUT2D eigenvalue weighted by Crippen LogP contribution is 2.18. The molecule has 8 nitrogen and oxygen atoms in total. The maximum atomic E-state index is 12.2. The Balaban J connectivity index is 1.57. The maximum absolute atomic E-state index is 12.2. The van der Waals surface area contributed by atoms with E-state index in [0.717, 1.165) is 22.8 Å². The molecular formula is C17H16N4O4S2. The number of H-pyrrole nitrogens is 1. The molecule has 0 saturated heterocycles. The van der Waals surface area contributed by atoms with E-state index in [1.165, 1.54) is 31.2 Å². The van der Waals surface area contributed by atoms with Gasteiger partial charge in [0.1, 0.15) is 0 Å². The molecule has 1 aromatic heterocycles. The monoisotopic (exact) mass is 404 g/mol. The fourth-order valence-corrected chi connectivity index (χ4v) is 3.82. The van der Waals surface area contributed by atoms with Crippen LogP contribution < -0.4 is 10.3 Å². The summed E-state index contributed by atoms with van der Waals surface area (Å²) < 4.78 is 24.5. The minimum atomic E-state index is -3.98. The molecule has 10 heteroatoms. The van der Waals surface area contributed by atoms with Crippen molar-refractivity contribution in [3.8, 4) is 0 Å². The van der Waals surface area contributed by atoms with Crippen molar-refractivity contribution in [3.63, 3.8) is 0 Å². The van der Waals surface area contributed by atoms with Gasteiger partial charge in [-0.25, -0.2) is 13.4 Å². The van der Waals surface area contributed by atoms with Crippen LogP contribution in [0.15, 0.2) is 58.6 Å². The summed E-state index contributed by atoms with van der Waals surface area (Å²) in [5.41, 5.74) is 4.05. The lowest BCUT2D eigenvalue weighted by molar-refractivity contribution is -0.119. The highest BCUT2D eigenvalue weighted by molar-refractivity contribution is 7.99. The molecule has 0 unspecified atom stereocenters. The molecule has 140 valence electrons. The number of aromatic amines is 1. The van der Waals surface area contributed by atoms with Gasteiger partial charge in [0.25, 0.3) is 10.0 Å². The number of nitrogens with one attached hydrogen (secondary N) is 3. The van der Waals surface area contributed by atoms with Gasteiger partial charge in [-0.3, -0.25) is 15.0 Å². The van der Waals surface area contributed by atoms with Gasteiger partial charge in [-0.1, -0.05) is 36.0 Å². The van der Waals surface area contributed by atoms with Gasteiger partial charge in [0, 0.05) is 5.56 Å². The van der Waals surface area contributed by atoms with Crippen molar-refractivity contribution < 1.29 is 18.0 Å². The number of carbonyl (C=O) groups is 2. The Bertz CT molecular complexity index is 1080. The molecule has 0 aliphatic carbocycles. The van der Waals surface area contributed by atoms with Crippen molar-refractivity contribution in [2.75, 3.05) is 5.75 Å². The Morgan fingerprint density at radius 1 is 1.15 bits per heavy atom. The Labute approximate surface area is 159 Å². The fourth-order valence-electron chi connectivity index (χ4n) is 2.23. The van der Waals surface area contributed by atoms with Crippen LogP contribution in [-0.2, 0) is 14.8 Å². The SMILES string of the molecule is CC(=O)c1cccc(S(=O)(=O)NNC(=O)CSc2nc3ccccc3[nH]2)c1. The largest absolute Gasteiger partial charge is 0.333 e. The molecular weight excluding hydrogens is 388 g/mol. The van der Waals surface area contributed by atoms with Crippen LogP contribution in [0.5, 0.6) is 0 Å². The van der Waals surface area contributed by atoms with Crippen molar-refractivity contribution in [3.05, 3.63) is 54.1 Å². The van der Waals surface area contributed by atoms with Crippen LogP contribution in [0, 0.1) is 0 Å². The zero-order valence-corrected chi connectivity index (χ0v) is 15.9. The summed E-state index contributed by atoms with van der Waals surface area (Å²) in [7, 11) is -3.98. The van der Waals surface area contributed by atoms with Gasteiger partial charge in [0.2, 0.25) is 5.91 Å². The predicted octanol–water partition coefficient (Wildman–Crippen LogP) is 1.87. The van der Waals surface area contributed by atoms with Gasteiger partial charge in [0.05, 0.1) is 21.7 Å². The highest BCUT2D eigenvalue weighted by atomic mass is 32.2. The molecule has 3 N–H and O–H groups in total. The molecule has 3 aromatic rings. The molecule has 0 radical (unpaired) electrons. The number of hydrazine groups is 1. The zero-order chi connectivity index (χ0) is 19.4. The second-order valence-corrected chi connectivity index (χ2v) is 8.23. The Morgan fingerprint density at radius 2 is 1.93 bits per heavy atom. The van der Waals surface area contributed by atoms with Gasteiger partial charge in [0.15, 0.2) is 10.9 Å². The number of amides is 1. The molecule has 2 aromatic carbocycles. The first-order valence-corrected chi connectivity index (χ1v) is 10.3. The summed E-state index contributed by atoms with van der Waals surface area (Å²) in [4.78, 5) is 32.6. The van der Waals surface area contributed by atoms with Crippen LogP contribution in [0.1, 0.15) is 17.3 Å². The first kappa shape index (κ1) is 19.1. The molecule has 27 heavy (non-hydrogen) atoms. The smallest absolute Gasteiger partial charge is 0.257 e. The average molecular weight is 404 g/mol. The van der Waals surface area contributed by atoms with Crippen molar-refractivity contribution in [1.29, 1.82) is 0 Å². The first-order valence-electron chi connectivity index (χ1n) is 7.84. The van der Waals surface area contributed by atoms with E-state index in [4.69, 9.17) is 0 Å². The number of ketones is 1. The van der Waals surface area contributed by atoms with E-state index in [9.17, 15) is 18.0 Å². The average Bonchev–Trinajstić information content (AvgIpc) is 3.08. The minimum absolute atomic E-state index is 0.0319. The third-order valence-electron chi connectivity index (χ3n) is 3.58. The zero-order valence-electron chi connectivity index (χ0n) is 14.2. The van der Waals surface area contributed by atoms with Gasteiger partial charge < -0.3 is 4.98 Å². The summed E-state index contributed by atoms with van der Waals surface area (Å²) >= 11 is 1.15. The van der Waals surface area contributed by atoms with E-state index in [1.54, 1.807) is 0 Å². The van der Waals surface area contributed by atoms with E-state index in [2.05, 4.69) is 15.4 Å². The molecule has 0 aliphatic heterocycles. The second-order valence-electron chi connectivity index (χ2n) is 5.59. The van der Waals surface area contributed by atoms with E-state index < -0.39 is 15.9 Å². The molecule has 0 spiro atoms. The Kier molecular flexibility index (Phi) is 5.59. The van der Waals surface area contributed by atoms with Crippen molar-refractivity contribution >= 4 is 44.5 Å². The Hall–Kier alpha value is -2.69. The van der Waals surface area contributed by atoms with Crippen molar-refractivity contribution in [2.45, 2.75) is 17.0 Å². The summed E-state index contributed by atoms with van der Waals surface area (Å²) in [6.45, 7) is 1.34. The number of para-hydroxylation sites is 2. The number of sulfonamides is 1. The van der Waals surface area contributed by atoms with E-state index in [1.807, 2.05) is 29.1 Å². The lowest BCUT2D eigenvalue weighted by atomic mass is 10.2. The van der Waals surface area contributed by atoms with Gasteiger partial charge in [-0.2, -0.15) is 0 Å². The quantitative estimate of drug-likeness (QED) is 0.314. The van der Waals surface area contributed by atoms with E-state index >= 15 is 0 Å². The summed E-state index contributed by atoms with van der Waals surface area (Å²) in [5, 5.41) is 0.559. The van der Waals surface area contributed by atoms with Gasteiger partial charge >= 0.3 is 0 Å². The van der Waals surface area contributed by atoms with Gasteiger partial charge in [-0.05, 0) is 31.2 Å². The second kappa shape index (κ2) is 7.91. The number of benzene rings is 2.